The summed E-state index contributed by atoms with van der Waals surface area (Å²) in [6.07, 6.45) is 0. The number of hydrogen-bond acceptors (Lipinski definition) is 3. The average molecular weight is 244 g/mol. The summed E-state index contributed by atoms with van der Waals surface area (Å²) >= 11 is 0. The lowest BCUT2D eigenvalue weighted by atomic mass is 10.1. The van der Waals surface area contributed by atoms with E-state index in [1.54, 1.807) is 0 Å². The third-order valence-corrected chi connectivity index (χ3v) is 3.07. The van der Waals surface area contributed by atoms with Gasteiger partial charge in [0, 0.05) is 18.6 Å². The predicted octanol–water partition coefficient (Wildman–Crippen LogP) is 1.33. The topological polar surface area (TPSA) is 43.8 Å². The monoisotopic (exact) mass is 244 g/mol. The molecule has 0 saturated carbocycles. The highest BCUT2D eigenvalue weighted by molar-refractivity contribution is 5.82. The van der Waals surface area contributed by atoms with Crippen LogP contribution in [0.2, 0.25) is 0 Å². The Hall–Kier alpha value is -0.610. The molecule has 0 heterocycles. The van der Waals surface area contributed by atoms with E-state index in [1.807, 2.05) is 51.3 Å². The molecule has 0 aliphatic rings. The fourth-order valence-electron chi connectivity index (χ4n) is 2.23. The van der Waals surface area contributed by atoms with Crippen LogP contribution in [0.3, 0.4) is 0 Å². The van der Waals surface area contributed by atoms with Crippen molar-refractivity contribution in [3.05, 3.63) is 0 Å². The Morgan fingerprint density at radius 1 is 1.12 bits per heavy atom. The lowest BCUT2D eigenvalue weighted by Crippen LogP contribution is -2.52. The third kappa shape index (κ3) is 4.64. The Balaban J connectivity index is 4.74. The first-order chi connectivity index (χ1) is 7.86. The van der Waals surface area contributed by atoms with Crippen molar-refractivity contribution < 1.29 is 9.90 Å². The molecule has 0 spiro atoms. The van der Waals surface area contributed by atoms with Gasteiger partial charge in [-0.05, 0) is 41.2 Å². The molecule has 1 atom stereocenters. The largest absolute Gasteiger partial charge is 0.395 e. The van der Waals surface area contributed by atoms with Crippen LogP contribution < -0.4 is 0 Å². The van der Waals surface area contributed by atoms with Crippen molar-refractivity contribution in [3.63, 3.8) is 0 Å². The minimum atomic E-state index is -0.169. The van der Waals surface area contributed by atoms with Gasteiger partial charge in [-0.15, -0.1) is 0 Å². The van der Waals surface area contributed by atoms with Gasteiger partial charge in [0.2, 0.25) is 5.91 Å². The molecule has 4 heteroatoms. The Labute approximate surface area is 106 Å². The second-order valence-electron chi connectivity index (χ2n) is 4.96. The molecule has 0 fully saturated rings. The van der Waals surface area contributed by atoms with Crippen LogP contribution in [0.15, 0.2) is 0 Å². The minimum absolute atomic E-state index is 0.0921. The fraction of sp³-hybridized carbons (Fsp3) is 0.923. The average Bonchev–Trinajstić information content (AvgIpc) is 2.23. The first-order valence-electron chi connectivity index (χ1n) is 6.53. The molecule has 4 nitrogen and oxygen atoms in total. The zero-order valence-electron chi connectivity index (χ0n) is 12.1. The van der Waals surface area contributed by atoms with Crippen LogP contribution in [0.1, 0.15) is 41.5 Å². The molecule has 0 saturated heterocycles. The standard InChI is InChI=1S/C13H28N2O2/c1-7-14(8-9-16)12(6)13(17)15(10(2)3)11(4)5/h10-12,16H,7-9H2,1-6H3. The number of hydrogen-bond donors (Lipinski definition) is 1. The van der Waals surface area contributed by atoms with Crippen LogP contribution in [-0.2, 0) is 4.79 Å². The normalized spacial score (nSPS) is 13.5. The molecule has 0 aliphatic heterocycles. The van der Waals surface area contributed by atoms with Crippen molar-refractivity contribution in [3.8, 4) is 0 Å². The third-order valence-electron chi connectivity index (χ3n) is 3.07. The summed E-state index contributed by atoms with van der Waals surface area (Å²) in [5.74, 6) is 0.144. The van der Waals surface area contributed by atoms with E-state index in [1.165, 1.54) is 0 Å². The smallest absolute Gasteiger partial charge is 0.240 e. The molecule has 102 valence electrons. The fourth-order valence-corrected chi connectivity index (χ4v) is 2.23. The first-order valence-corrected chi connectivity index (χ1v) is 6.53. The molecule has 0 radical (unpaired) electrons. The highest BCUT2D eigenvalue weighted by atomic mass is 16.3. The van der Waals surface area contributed by atoms with Gasteiger partial charge in [-0.25, -0.2) is 0 Å². The SMILES string of the molecule is CCN(CCO)C(C)C(=O)N(C(C)C)C(C)C. The number of carbonyl (C=O) groups is 1. The molecule has 0 rings (SSSR count). The second-order valence-corrected chi connectivity index (χ2v) is 4.96. The van der Waals surface area contributed by atoms with Gasteiger partial charge >= 0.3 is 0 Å². The van der Waals surface area contributed by atoms with Crippen molar-refractivity contribution in [2.75, 3.05) is 19.7 Å². The predicted molar refractivity (Wildman–Crippen MR) is 70.9 cm³/mol. The summed E-state index contributed by atoms with van der Waals surface area (Å²) in [5, 5.41) is 8.99. The van der Waals surface area contributed by atoms with Gasteiger partial charge in [-0.1, -0.05) is 6.92 Å². The van der Waals surface area contributed by atoms with Gasteiger partial charge in [-0.3, -0.25) is 9.69 Å². The van der Waals surface area contributed by atoms with Crippen LogP contribution in [0, 0.1) is 0 Å². The van der Waals surface area contributed by atoms with Crippen molar-refractivity contribution in [1.29, 1.82) is 0 Å². The molecule has 0 aromatic carbocycles. The van der Waals surface area contributed by atoms with E-state index in [0.29, 0.717) is 6.54 Å². The molecule has 17 heavy (non-hydrogen) atoms. The minimum Gasteiger partial charge on any atom is -0.395 e. The zero-order valence-corrected chi connectivity index (χ0v) is 12.1. The molecule has 0 aromatic rings. The van der Waals surface area contributed by atoms with E-state index in [9.17, 15) is 4.79 Å². The maximum Gasteiger partial charge on any atom is 0.240 e. The lowest BCUT2D eigenvalue weighted by molar-refractivity contribution is -0.140. The summed E-state index contributed by atoms with van der Waals surface area (Å²) in [4.78, 5) is 16.3. The molecular weight excluding hydrogens is 216 g/mol. The van der Waals surface area contributed by atoms with E-state index in [0.717, 1.165) is 6.54 Å². The summed E-state index contributed by atoms with van der Waals surface area (Å²) in [6.45, 7) is 13.5. The van der Waals surface area contributed by atoms with E-state index in [4.69, 9.17) is 5.11 Å². The number of nitrogens with zero attached hydrogens (tertiary/aromatic N) is 2. The Kier molecular flexibility index (Phi) is 7.39. The lowest BCUT2D eigenvalue weighted by Gasteiger charge is -2.36. The molecule has 1 unspecified atom stereocenters. The summed E-state index contributed by atoms with van der Waals surface area (Å²) in [6, 6.07) is 0.243. The van der Waals surface area contributed by atoms with Crippen LogP contribution in [0.4, 0.5) is 0 Å². The molecule has 0 aromatic heterocycles. The van der Waals surface area contributed by atoms with Crippen molar-refractivity contribution in [1.82, 2.24) is 9.80 Å². The maximum absolute atomic E-state index is 12.4. The van der Waals surface area contributed by atoms with Gasteiger partial charge in [-0.2, -0.15) is 0 Å². The number of aliphatic hydroxyl groups excluding tert-OH is 1. The van der Waals surface area contributed by atoms with E-state index >= 15 is 0 Å². The van der Waals surface area contributed by atoms with Crippen LogP contribution in [-0.4, -0.2) is 58.6 Å². The first kappa shape index (κ1) is 16.4. The van der Waals surface area contributed by atoms with E-state index in [-0.39, 0.29) is 30.6 Å². The van der Waals surface area contributed by atoms with Crippen LogP contribution >= 0.6 is 0 Å². The number of rotatable bonds is 7. The van der Waals surface area contributed by atoms with Crippen LogP contribution in [0.25, 0.3) is 0 Å². The summed E-state index contributed by atoms with van der Waals surface area (Å²) in [7, 11) is 0. The quantitative estimate of drug-likeness (QED) is 0.735. The van der Waals surface area contributed by atoms with E-state index in [2.05, 4.69) is 0 Å². The van der Waals surface area contributed by atoms with Gasteiger partial charge in [0.15, 0.2) is 0 Å². The maximum atomic E-state index is 12.4. The Morgan fingerprint density at radius 2 is 1.59 bits per heavy atom. The van der Waals surface area contributed by atoms with Crippen LogP contribution in [0.5, 0.6) is 0 Å². The van der Waals surface area contributed by atoms with Gasteiger partial charge in [0.25, 0.3) is 0 Å². The number of carbonyl (C=O) groups excluding carboxylic acids is 1. The molecular formula is C13H28N2O2. The van der Waals surface area contributed by atoms with Crippen molar-refractivity contribution in [2.24, 2.45) is 0 Å². The van der Waals surface area contributed by atoms with Gasteiger partial charge < -0.3 is 10.0 Å². The molecule has 1 N–H and O–H groups in total. The molecule has 1 amide bonds. The Bertz CT molecular complexity index is 221. The summed E-state index contributed by atoms with van der Waals surface area (Å²) < 4.78 is 0. The Morgan fingerprint density at radius 3 is 1.88 bits per heavy atom. The van der Waals surface area contributed by atoms with Gasteiger partial charge in [0.05, 0.1) is 12.6 Å². The number of likely N-dealkylation sites (N-methyl/N-ethyl adjacent to an activating group) is 1. The summed E-state index contributed by atoms with van der Waals surface area (Å²) in [5.41, 5.74) is 0. The number of amides is 1. The van der Waals surface area contributed by atoms with E-state index < -0.39 is 0 Å². The second kappa shape index (κ2) is 7.67. The van der Waals surface area contributed by atoms with Crippen molar-refractivity contribution in [2.45, 2.75) is 59.7 Å². The van der Waals surface area contributed by atoms with Gasteiger partial charge in [0.1, 0.15) is 0 Å². The zero-order chi connectivity index (χ0) is 13.6. The highest BCUT2D eigenvalue weighted by Crippen LogP contribution is 2.11. The molecule has 0 bridgehead atoms. The highest BCUT2D eigenvalue weighted by Gasteiger charge is 2.28. The number of aliphatic hydroxyl groups is 1. The molecule has 0 aliphatic carbocycles. The van der Waals surface area contributed by atoms with Crippen molar-refractivity contribution >= 4 is 5.91 Å².